The van der Waals surface area contributed by atoms with Crippen LogP contribution in [0.15, 0.2) is 51.8 Å². The van der Waals surface area contributed by atoms with Crippen LogP contribution in [0.3, 0.4) is 0 Å². The maximum atomic E-state index is 13.3. The lowest BCUT2D eigenvalue weighted by Gasteiger charge is -2.19. The fourth-order valence-electron chi connectivity index (χ4n) is 2.10. The molecule has 0 saturated carbocycles. The molecule has 0 bridgehead atoms. The van der Waals surface area contributed by atoms with Gasteiger partial charge in [0.15, 0.2) is 0 Å². The summed E-state index contributed by atoms with van der Waals surface area (Å²) in [6.45, 7) is 0. The van der Waals surface area contributed by atoms with Crippen LogP contribution in [0.5, 0.6) is 0 Å². The van der Waals surface area contributed by atoms with Gasteiger partial charge in [-0.2, -0.15) is 0 Å². The number of hydrogen-bond donors (Lipinski definition) is 1. The van der Waals surface area contributed by atoms with Crippen LogP contribution in [0, 0.1) is 5.82 Å². The quantitative estimate of drug-likeness (QED) is 0.679. The first-order valence-corrected chi connectivity index (χ1v) is 9.68. The molecular formula is C16H14BrClFNO4S. The number of esters is 1. The molecule has 0 amide bonds. The van der Waals surface area contributed by atoms with Crippen LogP contribution in [-0.4, -0.2) is 21.5 Å². The van der Waals surface area contributed by atoms with E-state index in [0.29, 0.717) is 5.56 Å². The molecule has 0 aliphatic carbocycles. The third kappa shape index (κ3) is 5.24. The maximum absolute atomic E-state index is 13.3. The van der Waals surface area contributed by atoms with Gasteiger partial charge in [-0.05, 0) is 35.9 Å². The molecule has 9 heteroatoms. The van der Waals surface area contributed by atoms with E-state index in [-0.39, 0.29) is 16.3 Å². The first-order valence-electron chi connectivity index (χ1n) is 7.02. The molecule has 2 rings (SSSR count). The minimum Gasteiger partial charge on any atom is -0.469 e. The van der Waals surface area contributed by atoms with Crippen molar-refractivity contribution in [2.75, 3.05) is 7.11 Å². The van der Waals surface area contributed by atoms with Crippen molar-refractivity contribution in [3.05, 3.63) is 63.3 Å². The first kappa shape index (κ1) is 19.8. The van der Waals surface area contributed by atoms with Crippen molar-refractivity contribution >= 4 is 43.5 Å². The molecule has 2 aromatic carbocycles. The Morgan fingerprint density at radius 3 is 2.64 bits per heavy atom. The largest absolute Gasteiger partial charge is 0.469 e. The lowest BCUT2D eigenvalue weighted by atomic mass is 10.1. The second kappa shape index (κ2) is 8.27. The predicted octanol–water partition coefficient (Wildman–Crippen LogP) is 3.82. The highest BCUT2D eigenvalue weighted by Gasteiger charge is 2.25. The van der Waals surface area contributed by atoms with Crippen LogP contribution in [0.1, 0.15) is 18.0 Å². The van der Waals surface area contributed by atoms with Gasteiger partial charge in [0.1, 0.15) is 5.82 Å². The number of halogens is 3. The van der Waals surface area contributed by atoms with Gasteiger partial charge < -0.3 is 4.74 Å². The fourth-order valence-corrected chi connectivity index (χ4v) is 4.01. The molecule has 0 aliphatic heterocycles. The Morgan fingerprint density at radius 2 is 2.04 bits per heavy atom. The number of sulfonamides is 1. The van der Waals surface area contributed by atoms with Crippen LogP contribution < -0.4 is 4.72 Å². The molecule has 134 valence electrons. The molecule has 2 aromatic rings. The summed E-state index contributed by atoms with van der Waals surface area (Å²) in [4.78, 5) is 11.5. The van der Waals surface area contributed by atoms with Gasteiger partial charge in [-0.25, -0.2) is 17.5 Å². The average molecular weight is 451 g/mol. The SMILES string of the molecule is COC(=O)CC(NS(=O)(=O)c1ccc(F)c(Cl)c1)c1cccc(Br)c1. The standard InChI is InChI=1S/C16H14BrClFNO4S/c1-24-16(21)9-15(10-3-2-4-11(17)7-10)20-25(22,23)12-5-6-14(19)13(18)8-12/h2-8,15,20H,9H2,1H3. The summed E-state index contributed by atoms with van der Waals surface area (Å²) < 4.78 is 46.2. The summed E-state index contributed by atoms with van der Waals surface area (Å²) in [7, 11) is -2.82. The number of ether oxygens (including phenoxy) is 1. The van der Waals surface area contributed by atoms with E-state index in [1.807, 2.05) is 0 Å². The average Bonchev–Trinajstić information content (AvgIpc) is 2.56. The second-order valence-electron chi connectivity index (χ2n) is 5.09. The van der Waals surface area contributed by atoms with Gasteiger partial charge in [0.05, 0.1) is 29.5 Å². The van der Waals surface area contributed by atoms with Crippen molar-refractivity contribution in [3.63, 3.8) is 0 Å². The Hall–Kier alpha value is -1.48. The normalized spacial score (nSPS) is 12.6. The molecule has 0 spiro atoms. The summed E-state index contributed by atoms with van der Waals surface area (Å²) in [5, 5.41) is -0.310. The zero-order valence-corrected chi connectivity index (χ0v) is 16.2. The lowest BCUT2D eigenvalue weighted by molar-refractivity contribution is -0.141. The van der Waals surface area contributed by atoms with Crippen molar-refractivity contribution in [3.8, 4) is 0 Å². The topological polar surface area (TPSA) is 72.5 Å². The molecule has 0 radical (unpaired) electrons. The van der Waals surface area contributed by atoms with Crippen molar-refractivity contribution in [1.82, 2.24) is 4.72 Å². The fraction of sp³-hybridized carbons (Fsp3) is 0.188. The molecule has 1 atom stereocenters. The third-order valence-corrected chi connectivity index (χ3v) is 5.60. The molecule has 5 nitrogen and oxygen atoms in total. The van der Waals surface area contributed by atoms with Crippen molar-refractivity contribution in [2.24, 2.45) is 0 Å². The highest BCUT2D eigenvalue weighted by Crippen LogP contribution is 2.25. The Morgan fingerprint density at radius 1 is 1.32 bits per heavy atom. The van der Waals surface area contributed by atoms with E-state index in [2.05, 4.69) is 25.4 Å². The molecule has 1 unspecified atom stereocenters. The van der Waals surface area contributed by atoms with Gasteiger partial charge in [-0.15, -0.1) is 0 Å². The summed E-state index contributed by atoms with van der Waals surface area (Å²) in [5.41, 5.74) is 0.566. The van der Waals surface area contributed by atoms with Gasteiger partial charge in [0, 0.05) is 4.47 Å². The third-order valence-electron chi connectivity index (χ3n) is 3.35. The van der Waals surface area contributed by atoms with Gasteiger partial charge in [-0.1, -0.05) is 39.7 Å². The smallest absolute Gasteiger partial charge is 0.307 e. The number of nitrogens with one attached hydrogen (secondary N) is 1. The second-order valence-corrected chi connectivity index (χ2v) is 8.12. The summed E-state index contributed by atoms with van der Waals surface area (Å²) in [5.74, 6) is -1.30. The minimum absolute atomic E-state index is 0.205. The molecule has 0 aromatic heterocycles. The molecular weight excluding hydrogens is 437 g/mol. The van der Waals surface area contributed by atoms with Crippen LogP contribution in [0.2, 0.25) is 5.02 Å². The highest BCUT2D eigenvalue weighted by molar-refractivity contribution is 9.10. The number of methoxy groups -OCH3 is 1. The van der Waals surface area contributed by atoms with Crippen molar-refractivity contribution in [1.29, 1.82) is 0 Å². The Bertz CT molecular complexity index is 891. The molecule has 25 heavy (non-hydrogen) atoms. The van der Waals surface area contributed by atoms with E-state index in [1.165, 1.54) is 7.11 Å². The van der Waals surface area contributed by atoms with Gasteiger partial charge in [0.2, 0.25) is 10.0 Å². The number of carbonyl (C=O) groups excluding carboxylic acids is 1. The monoisotopic (exact) mass is 449 g/mol. The highest BCUT2D eigenvalue weighted by atomic mass is 79.9. The summed E-state index contributed by atoms with van der Waals surface area (Å²) in [6.07, 6.45) is -0.207. The van der Waals surface area contributed by atoms with Crippen LogP contribution in [0.25, 0.3) is 0 Å². The molecule has 0 aliphatic rings. The van der Waals surface area contributed by atoms with Crippen molar-refractivity contribution in [2.45, 2.75) is 17.4 Å². The van der Waals surface area contributed by atoms with Crippen molar-refractivity contribution < 1.29 is 22.3 Å². The van der Waals surface area contributed by atoms with Gasteiger partial charge in [0.25, 0.3) is 0 Å². The summed E-state index contributed by atoms with van der Waals surface area (Å²) in [6, 6.07) is 9.06. The zero-order chi connectivity index (χ0) is 18.6. The summed E-state index contributed by atoms with van der Waals surface area (Å²) >= 11 is 8.96. The lowest BCUT2D eigenvalue weighted by Crippen LogP contribution is -2.30. The Labute approximate surface area is 158 Å². The van der Waals surface area contributed by atoms with Gasteiger partial charge >= 0.3 is 5.97 Å². The van der Waals surface area contributed by atoms with E-state index in [4.69, 9.17) is 11.6 Å². The van der Waals surface area contributed by atoms with E-state index in [0.717, 1.165) is 22.7 Å². The Balaban J connectivity index is 2.37. The molecule has 1 N–H and O–H groups in total. The Kier molecular flexibility index (Phi) is 6.56. The van der Waals surface area contributed by atoms with Crippen LogP contribution in [0.4, 0.5) is 4.39 Å². The predicted molar refractivity (Wildman–Crippen MR) is 95.2 cm³/mol. The van der Waals surface area contributed by atoms with E-state index in [9.17, 15) is 17.6 Å². The molecule has 0 fully saturated rings. The molecule has 0 heterocycles. The zero-order valence-electron chi connectivity index (χ0n) is 13.0. The van der Waals surface area contributed by atoms with E-state index < -0.39 is 27.9 Å². The van der Waals surface area contributed by atoms with Gasteiger partial charge in [-0.3, -0.25) is 4.79 Å². The number of benzene rings is 2. The van der Waals surface area contributed by atoms with E-state index in [1.54, 1.807) is 24.3 Å². The maximum Gasteiger partial charge on any atom is 0.307 e. The van der Waals surface area contributed by atoms with E-state index >= 15 is 0 Å². The minimum atomic E-state index is -4.04. The van der Waals surface area contributed by atoms with Crippen LogP contribution in [-0.2, 0) is 19.6 Å². The first-order chi connectivity index (χ1) is 11.7. The molecule has 0 saturated heterocycles. The number of hydrogen-bond acceptors (Lipinski definition) is 4. The number of carbonyl (C=O) groups is 1. The number of rotatable bonds is 6. The van der Waals surface area contributed by atoms with Crippen LogP contribution >= 0.6 is 27.5 Å².